The molecule has 1 N–H and O–H groups in total. The molecular weight excluding hydrogens is 352 g/mol. The molecule has 0 saturated carbocycles. The van der Waals surface area contributed by atoms with Gasteiger partial charge >= 0.3 is 0 Å². The van der Waals surface area contributed by atoms with Crippen molar-refractivity contribution in [1.29, 1.82) is 0 Å². The first-order valence-corrected chi connectivity index (χ1v) is 9.75. The lowest BCUT2D eigenvalue weighted by atomic mass is 9.88. The summed E-state index contributed by atoms with van der Waals surface area (Å²) in [6.45, 7) is 5.34. The van der Waals surface area contributed by atoms with Gasteiger partial charge in [-0.05, 0) is 67.6 Å². The van der Waals surface area contributed by atoms with Gasteiger partial charge in [0, 0.05) is 23.6 Å². The number of rotatable bonds is 6. The van der Waals surface area contributed by atoms with E-state index in [0.29, 0.717) is 13.2 Å². The van der Waals surface area contributed by atoms with Gasteiger partial charge in [0.15, 0.2) is 11.5 Å². The molecule has 1 atom stereocenters. The van der Waals surface area contributed by atoms with Crippen LogP contribution in [0.3, 0.4) is 0 Å². The van der Waals surface area contributed by atoms with Gasteiger partial charge in [-0.1, -0.05) is 11.6 Å². The summed E-state index contributed by atoms with van der Waals surface area (Å²) in [4.78, 5) is 17.1. The van der Waals surface area contributed by atoms with Gasteiger partial charge in [-0.2, -0.15) is 0 Å². The van der Waals surface area contributed by atoms with Gasteiger partial charge in [0.2, 0.25) is 6.41 Å². The van der Waals surface area contributed by atoms with Crippen LogP contribution in [0.2, 0.25) is 0 Å². The number of hydrogen-bond donors (Lipinski definition) is 1. The molecule has 0 aliphatic carbocycles. The average molecular weight is 378 g/mol. The van der Waals surface area contributed by atoms with Gasteiger partial charge in [-0.25, -0.2) is 0 Å². The Hall–Kier alpha value is -2.95. The van der Waals surface area contributed by atoms with E-state index in [0.717, 1.165) is 41.8 Å². The predicted octanol–water partition coefficient (Wildman–Crippen LogP) is 4.18. The quantitative estimate of drug-likeness (QED) is 0.655. The summed E-state index contributed by atoms with van der Waals surface area (Å²) >= 11 is 0. The fourth-order valence-corrected chi connectivity index (χ4v) is 4.18. The lowest BCUT2D eigenvalue weighted by molar-refractivity contribution is -0.120. The lowest BCUT2D eigenvalue weighted by Gasteiger charge is -2.35. The van der Waals surface area contributed by atoms with E-state index in [2.05, 4.69) is 48.4 Å². The Morgan fingerprint density at radius 1 is 1.25 bits per heavy atom. The molecule has 3 aromatic rings. The first-order chi connectivity index (χ1) is 13.6. The number of nitrogens with zero attached hydrogens (tertiary/aromatic N) is 1. The highest BCUT2D eigenvalue weighted by Gasteiger charge is 2.29. The Kier molecular flexibility index (Phi) is 4.99. The van der Waals surface area contributed by atoms with Crippen molar-refractivity contribution in [3.8, 4) is 11.5 Å². The minimum atomic E-state index is -0.0223. The van der Waals surface area contributed by atoms with Crippen molar-refractivity contribution in [2.75, 3.05) is 20.3 Å². The van der Waals surface area contributed by atoms with Crippen LogP contribution in [-0.4, -0.2) is 36.6 Å². The van der Waals surface area contributed by atoms with Crippen molar-refractivity contribution in [2.24, 2.45) is 0 Å². The Morgan fingerprint density at radius 3 is 2.86 bits per heavy atom. The fourth-order valence-electron chi connectivity index (χ4n) is 4.18. The normalized spacial score (nSPS) is 16.1. The van der Waals surface area contributed by atoms with E-state index in [1.165, 1.54) is 22.1 Å². The van der Waals surface area contributed by atoms with Crippen molar-refractivity contribution in [1.82, 2.24) is 9.88 Å². The zero-order chi connectivity index (χ0) is 19.7. The number of ether oxygens (including phenoxy) is 2. The van der Waals surface area contributed by atoms with Gasteiger partial charge < -0.3 is 19.4 Å². The molecule has 0 radical (unpaired) electrons. The second-order valence-electron chi connectivity index (χ2n) is 7.31. The number of fused-ring (bicyclic) bond motifs is 2. The Bertz CT molecular complexity index is 1010. The van der Waals surface area contributed by atoms with Crippen LogP contribution in [0.5, 0.6) is 11.5 Å². The summed E-state index contributed by atoms with van der Waals surface area (Å²) in [5, 5.41) is 1.22. The van der Waals surface area contributed by atoms with Gasteiger partial charge in [-0.15, -0.1) is 0 Å². The van der Waals surface area contributed by atoms with Crippen LogP contribution in [0.1, 0.15) is 35.2 Å². The number of nitrogens with one attached hydrogen (secondary N) is 1. The molecule has 0 unspecified atom stereocenters. The molecule has 5 nitrogen and oxygen atoms in total. The third-order valence-corrected chi connectivity index (χ3v) is 5.60. The lowest BCUT2D eigenvalue weighted by Crippen LogP contribution is -2.35. The van der Waals surface area contributed by atoms with E-state index >= 15 is 0 Å². The zero-order valence-electron chi connectivity index (χ0n) is 16.6. The molecule has 4 rings (SSSR count). The summed E-state index contributed by atoms with van der Waals surface area (Å²) in [6, 6.07) is 10.5. The van der Waals surface area contributed by atoms with Crippen LogP contribution in [0.4, 0.5) is 0 Å². The molecule has 1 aliphatic heterocycles. The van der Waals surface area contributed by atoms with Crippen LogP contribution in [0.15, 0.2) is 36.5 Å². The highest BCUT2D eigenvalue weighted by molar-refractivity contribution is 5.84. The molecule has 0 fully saturated rings. The number of amides is 1. The smallest absolute Gasteiger partial charge is 0.210 e. The van der Waals surface area contributed by atoms with Crippen molar-refractivity contribution >= 4 is 17.3 Å². The Morgan fingerprint density at radius 2 is 2.11 bits per heavy atom. The maximum Gasteiger partial charge on any atom is 0.210 e. The first kappa shape index (κ1) is 18.4. The minimum Gasteiger partial charge on any atom is -0.493 e. The third kappa shape index (κ3) is 3.21. The highest BCUT2D eigenvalue weighted by Crippen LogP contribution is 2.39. The van der Waals surface area contributed by atoms with E-state index < -0.39 is 0 Å². The second-order valence-corrected chi connectivity index (χ2v) is 7.31. The maximum atomic E-state index is 11.8. The SMILES string of the molecule is CCOc1cc2c(cc1OC)CCN(C=O)[C@H]2Cc1c[nH]c2ccc(C)cc12. The van der Waals surface area contributed by atoms with Crippen LogP contribution >= 0.6 is 0 Å². The van der Waals surface area contributed by atoms with Crippen LogP contribution in [0, 0.1) is 6.92 Å². The van der Waals surface area contributed by atoms with Crippen LogP contribution in [0.25, 0.3) is 10.9 Å². The first-order valence-electron chi connectivity index (χ1n) is 9.75. The third-order valence-electron chi connectivity index (χ3n) is 5.60. The molecule has 2 heterocycles. The zero-order valence-corrected chi connectivity index (χ0v) is 16.6. The summed E-state index contributed by atoms with van der Waals surface area (Å²) < 4.78 is 11.3. The second kappa shape index (κ2) is 7.58. The molecule has 5 heteroatoms. The van der Waals surface area contributed by atoms with E-state index in [4.69, 9.17) is 9.47 Å². The van der Waals surface area contributed by atoms with E-state index in [9.17, 15) is 4.79 Å². The number of methoxy groups -OCH3 is 1. The molecule has 28 heavy (non-hydrogen) atoms. The molecule has 0 bridgehead atoms. The maximum absolute atomic E-state index is 11.8. The molecule has 0 saturated heterocycles. The molecular formula is C23H26N2O3. The van der Waals surface area contributed by atoms with Crippen molar-refractivity contribution in [3.05, 3.63) is 58.8 Å². The molecule has 0 spiro atoms. The van der Waals surface area contributed by atoms with Crippen LogP contribution < -0.4 is 9.47 Å². The van der Waals surface area contributed by atoms with Crippen molar-refractivity contribution in [2.45, 2.75) is 32.7 Å². The molecule has 1 amide bonds. The topological polar surface area (TPSA) is 54.6 Å². The summed E-state index contributed by atoms with van der Waals surface area (Å²) in [5.74, 6) is 1.48. The molecule has 1 aromatic heterocycles. The van der Waals surface area contributed by atoms with E-state index in [1.54, 1.807) is 7.11 Å². The summed E-state index contributed by atoms with van der Waals surface area (Å²) in [7, 11) is 1.66. The number of carbonyl (C=O) groups excluding carboxylic acids is 1. The number of benzene rings is 2. The molecule has 2 aromatic carbocycles. The average Bonchev–Trinajstić information content (AvgIpc) is 3.10. The number of aromatic amines is 1. The largest absolute Gasteiger partial charge is 0.493 e. The summed E-state index contributed by atoms with van der Waals surface area (Å²) in [5.41, 5.74) is 5.94. The van der Waals surface area contributed by atoms with Gasteiger partial charge in [-0.3, -0.25) is 4.79 Å². The monoisotopic (exact) mass is 378 g/mol. The number of aromatic nitrogens is 1. The van der Waals surface area contributed by atoms with E-state index in [1.807, 2.05) is 11.8 Å². The number of H-pyrrole nitrogens is 1. The predicted molar refractivity (Wildman–Crippen MR) is 110 cm³/mol. The van der Waals surface area contributed by atoms with Gasteiger partial charge in [0.1, 0.15) is 0 Å². The fraction of sp³-hybridized carbons (Fsp3) is 0.348. The van der Waals surface area contributed by atoms with Gasteiger partial charge in [0.05, 0.1) is 19.8 Å². The van der Waals surface area contributed by atoms with E-state index in [-0.39, 0.29) is 6.04 Å². The number of carbonyl (C=O) groups is 1. The standard InChI is InChI=1S/C23H26N2O3/c1-4-28-23-12-19-16(11-22(23)27-3)7-8-25(14-26)21(19)10-17-13-24-20-6-5-15(2)9-18(17)20/h5-6,9,11-14,21,24H,4,7-8,10H2,1-3H3/t21-/m0/s1. The Balaban J connectivity index is 1.77. The molecule has 146 valence electrons. The number of hydrogen-bond acceptors (Lipinski definition) is 3. The molecule has 1 aliphatic rings. The van der Waals surface area contributed by atoms with Crippen molar-refractivity contribution in [3.63, 3.8) is 0 Å². The van der Waals surface area contributed by atoms with Gasteiger partial charge in [0.25, 0.3) is 0 Å². The number of aryl methyl sites for hydroxylation is 1. The summed E-state index contributed by atoms with van der Waals surface area (Å²) in [6.07, 6.45) is 4.61. The van der Waals surface area contributed by atoms with Crippen molar-refractivity contribution < 1.29 is 14.3 Å². The van der Waals surface area contributed by atoms with Crippen LogP contribution in [-0.2, 0) is 17.6 Å². The highest BCUT2D eigenvalue weighted by atomic mass is 16.5. The Labute approximate surface area is 165 Å². The minimum absolute atomic E-state index is 0.0223.